The minimum absolute atomic E-state index is 0.000859. The first-order valence-electron chi connectivity index (χ1n) is 11.1. The number of nitrogens with zero attached hydrogens (tertiary/aromatic N) is 2. The van der Waals surface area contributed by atoms with Crippen molar-refractivity contribution in [1.29, 1.82) is 0 Å². The van der Waals surface area contributed by atoms with Crippen molar-refractivity contribution in [1.82, 2.24) is 14.9 Å². The van der Waals surface area contributed by atoms with E-state index in [2.05, 4.69) is 16.8 Å². The van der Waals surface area contributed by atoms with Gasteiger partial charge in [0.25, 0.3) is 5.56 Å². The second kappa shape index (κ2) is 9.16. The summed E-state index contributed by atoms with van der Waals surface area (Å²) in [5.41, 5.74) is 1.14. The topological polar surface area (TPSA) is 95.5 Å². The van der Waals surface area contributed by atoms with Crippen molar-refractivity contribution >= 4 is 27.5 Å². The minimum Gasteiger partial charge on any atom is -0.463 e. The van der Waals surface area contributed by atoms with Crippen molar-refractivity contribution in [3.63, 3.8) is 0 Å². The van der Waals surface area contributed by atoms with Crippen molar-refractivity contribution in [2.75, 3.05) is 13.2 Å². The molecule has 1 fully saturated rings. The predicted molar refractivity (Wildman–Crippen MR) is 117 cm³/mol. The summed E-state index contributed by atoms with van der Waals surface area (Å²) in [4.78, 5) is 36.4. The fourth-order valence-electron chi connectivity index (χ4n) is 4.23. The molecule has 164 valence electrons. The van der Waals surface area contributed by atoms with Gasteiger partial charge in [0.15, 0.2) is 0 Å². The van der Waals surface area contributed by atoms with Crippen molar-refractivity contribution in [3.8, 4) is 0 Å². The fraction of sp³-hybridized carbons (Fsp3) is 0.682. The first kappa shape index (κ1) is 21.5. The van der Waals surface area contributed by atoms with Gasteiger partial charge in [-0.2, -0.15) is 0 Å². The number of carbonyl (C=O) groups excluding carboxylic acids is 1. The van der Waals surface area contributed by atoms with Gasteiger partial charge in [0.1, 0.15) is 23.4 Å². The van der Waals surface area contributed by atoms with Crippen LogP contribution >= 0.6 is 11.3 Å². The van der Waals surface area contributed by atoms with E-state index in [1.54, 1.807) is 11.3 Å². The summed E-state index contributed by atoms with van der Waals surface area (Å²) >= 11 is 1.66. The Morgan fingerprint density at radius 3 is 2.93 bits per heavy atom. The van der Waals surface area contributed by atoms with E-state index in [0.29, 0.717) is 37.3 Å². The largest absolute Gasteiger partial charge is 0.463 e. The highest BCUT2D eigenvalue weighted by Gasteiger charge is 2.31. The van der Waals surface area contributed by atoms with Crippen LogP contribution in [0.5, 0.6) is 0 Å². The summed E-state index contributed by atoms with van der Waals surface area (Å²) in [6.07, 6.45) is 5.59. The normalized spacial score (nSPS) is 19.8. The van der Waals surface area contributed by atoms with Crippen LogP contribution in [-0.4, -0.2) is 51.2 Å². The number of aromatic amines is 1. The first-order chi connectivity index (χ1) is 14.4. The zero-order valence-corrected chi connectivity index (χ0v) is 18.6. The van der Waals surface area contributed by atoms with Gasteiger partial charge < -0.3 is 14.8 Å². The zero-order chi connectivity index (χ0) is 21.3. The number of nitrogens with one attached hydrogen (secondary N) is 1. The minimum atomic E-state index is -0.752. The highest BCUT2D eigenvalue weighted by molar-refractivity contribution is 7.18. The first-order valence-corrected chi connectivity index (χ1v) is 11.9. The Morgan fingerprint density at radius 2 is 2.20 bits per heavy atom. The molecule has 7 nitrogen and oxygen atoms in total. The molecule has 0 aliphatic heterocycles. The third-order valence-electron chi connectivity index (χ3n) is 5.97. The molecule has 0 spiro atoms. The van der Waals surface area contributed by atoms with Crippen LogP contribution in [0.15, 0.2) is 4.79 Å². The van der Waals surface area contributed by atoms with Crippen LogP contribution in [0.25, 0.3) is 10.2 Å². The lowest BCUT2D eigenvalue weighted by atomic mass is 9.89. The maximum absolute atomic E-state index is 12.8. The lowest BCUT2D eigenvalue weighted by Crippen LogP contribution is -2.37. The van der Waals surface area contributed by atoms with E-state index in [4.69, 9.17) is 9.72 Å². The molecular formula is C22H31N3O4S. The number of aryl methyl sites for hydroxylation is 1. The molecule has 0 saturated heterocycles. The number of fused-ring (bicyclic) bond motifs is 3. The number of esters is 1. The molecule has 2 heterocycles. The van der Waals surface area contributed by atoms with Gasteiger partial charge in [-0.05, 0) is 50.0 Å². The van der Waals surface area contributed by atoms with Gasteiger partial charge in [0.2, 0.25) is 0 Å². The van der Waals surface area contributed by atoms with Crippen LogP contribution in [0.4, 0.5) is 0 Å². The molecule has 2 atom stereocenters. The summed E-state index contributed by atoms with van der Waals surface area (Å²) in [5.74, 6) is 1.02. The van der Waals surface area contributed by atoms with E-state index in [0.717, 1.165) is 48.7 Å². The number of hydrogen-bond donors (Lipinski definition) is 2. The third kappa shape index (κ3) is 4.92. The molecule has 30 heavy (non-hydrogen) atoms. The molecule has 0 unspecified atom stereocenters. The number of ether oxygens (including phenoxy) is 1. The number of thiophene rings is 1. The highest BCUT2D eigenvalue weighted by atomic mass is 32.1. The predicted octanol–water partition coefficient (Wildman–Crippen LogP) is 2.78. The number of aromatic nitrogens is 2. The Morgan fingerprint density at radius 1 is 1.40 bits per heavy atom. The van der Waals surface area contributed by atoms with Gasteiger partial charge in [0, 0.05) is 23.9 Å². The second-order valence-electron chi connectivity index (χ2n) is 8.79. The Hall–Kier alpha value is -1.77. The van der Waals surface area contributed by atoms with Gasteiger partial charge in [-0.1, -0.05) is 13.8 Å². The number of H-pyrrole nitrogens is 1. The van der Waals surface area contributed by atoms with Crippen LogP contribution in [0.2, 0.25) is 0 Å². The molecule has 0 amide bonds. The Kier molecular flexibility index (Phi) is 6.55. The molecule has 0 aromatic carbocycles. The van der Waals surface area contributed by atoms with E-state index >= 15 is 0 Å². The van der Waals surface area contributed by atoms with Crippen molar-refractivity contribution in [2.45, 2.75) is 77.5 Å². The monoisotopic (exact) mass is 433 g/mol. The number of hydrogen-bond acceptors (Lipinski definition) is 7. The Bertz CT molecular complexity index is 965. The molecule has 2 aliphatic rings. The fourth-order valence-corrected chi connectivity index (χ4v) is 5.63. The number of rotatable bonds is 9. The van der Waals surface area contributed by atoms with E-state index in [1.165, 1.54) is 10.4 Å². The molecule has 2 N–H and O–H groups in total. The molecule has 2 aromatic heterocycles. The molecule has 0 bridgehead atoms. The second-order valence-corrected chi connectivity index (χ2v) is 9.88. The lowest BCUT2D eigenvalue weighted by Gasteiger charge is -2.24. The molecule has 1 saturated carbocycles. The highest BCUT2D eigenvalue weighted by Crippen LogP contribution is 2.36. The summed E-state index contributed by atoms with van der Waals surface area (Å²) in [6.45, 7) is 5.05. The Labute approximate surface area is 180 Å². The van der Waals surface area contributed by atoms with E-state index in [1.807, 2.05) is 6.92 Å². The number of aliphatic hydroxyl groups excluding tert-OH is 1. The van der Waals surface area contributed by atoms with Crippen LogP contribution in [0.1, 0.15) is 62.2 Å². The maximum Gasteiger partial charge on any atom is 0.305 e. The van der Waals surface area contributed by atoms with Crippen molar-refractivity contribution in [2.24, 2.45) is 5.92 Å². The van der Waals surface area contributed by atoms with Crippen LogP contribution < -0.4 is 5.56 Å². The van der Waals surface area contributed by atoms with Crippen molar-refractivity contribution in [3.05, 3.63) is 26.6 Å². The van der Waals surface area contributed by atoms with Crippen LogP contribution in [-0.2, 0) is 28.9 Å². The summed E-state index contributed by atoms with van der Waals surface area (Å²) < 4.78 is 5.14. The van der Waals surface area contributed by atoms with E-state index in [9.17, 15) is 14.7 Å². The molecule has 4 rings (SSSR count). The van der Waals surface area contributed by atoms with Gasteiger partial charge in [-0.3, -0.25) is 14.5 Å². The lowest BCUT2D eigenvalue weighted by molar-refractivity contribution is -0.147. The molecule has 8 heteroatoms. The smallest absolute Gasteiger partial charge is 0.305 e. The van der Waals surface area contributed by atoms with Gasteiger partial charge in [0.05, 0.1) is 11.9 Å². The SMILES string of the molecule is CCCC(=O)OC[C@H](O)CN(Cc1nc2sc3c(c2c(=O)[nH]1)CC[C@@H](C)C3)C1CC1. The summed E-state index contributed by atoms with van der Waals surface area (Å²) in [5, 5.41) is 11.1. The standard InChI is InChI=1S/C22H31N3O4S/c1-3-4-19(27)29-12-15(26)10-25(14-6-7-14)11-18-23-21(28)20-16-8-5-13(2)9-17(16)30-22(20)24-18/h13-15,26H,3-12H2,1-2H3,(H,23,24,28)/t13-,15-/m1/s1. The maximum atomic E-state index is 12.8. The van der Waals surface area contributed by atoms with Crippen molar-refractivity contribution < 1.29 is 14.6 Å². The zero-order valence-electron chi connectivity index (χ0n) is 17.8. The van der Waals surface area contributed by atoms with Gasteiger partial charge in [-0.15, -0.1) is 11.3 Å². The third-order valence-corrected chi connectivity index (χ3v) is 7.11. The molecule has 2 aliphatic carbocycles. The van der Waals surface area contributed by atoms with Gasteiger partial charge in [-0.25, -0.2) is 4.98 Å². The van der Waals surface area contributed by atoms with E-state index < -0.39 is 6.10 Å². The average molecular weight is 434 g/mol. The molecule has 2 aromatic rings. The van der Waals surface area contributed by atoms with Crippen LogP contribution in [0.3, 0.4) is 0 Å². The Balaban J connectivity index is 1.46. The van der Waals surface area contributed by atoms with Crippen LogP contribution in [0, 0.1) is 5.92 Å². The molecular weight excluding hydrogens is 402 g/mol. The summed E-state index contributed by atoms with van der Waals surface area (Å²) in [6, 6.07) is 0.379. The number of carbonyl (C=O) groups is 1. The van der Waals surface area contributed by atoms with E-state index in [-0.39, 0.29) is 18.1 Å². The summed E-state index contributed by atoms with van der Waals surface area (Å²) in [7, 11) is 0. The molecule has 0 radical (unpaired) electrons. The van der Waals surface area contributed by atoms with Gasteiger partial charge >= 0.3 is 5.97 Å². The average Bonchev–Trinajstić information content (AvgIpc) is 3.47. The quantitative estimate of drug-likeness (QED) is 0.591. The number of aliphatic hydroxyl groups is 1.